The summed E-state index contributed by atoms with van der Waals surface area (Å²) in [6, 6.07) is 6.13. The second kappa shape index (κ2) is 9.82. The minimum absolute atomic E-state index is 0. The molecule has 1 amide bonds. The lowest BCUT2D eigenvalue weighted by Gasteiger charge is -2.33. The van der Waals surface area contributed by atoms with Crippen LogP contribution in [-0.2, 0) is 4.79 Å². The number of anilines is 1. The Kier molecular flexibility index (Phi) is 8.04. The van der Waals surface area contributed by atoms with Gasteiger partial charge in [0.1, 0.15) is 5.52 Å². The third kappa shape index (κ3) is 5.19. The molecule has 3 heterocycles. The van der Waals surface area contributed by atoms with Crippen LogP contribution in [0.1, 0.15) is 19.3 Å². The summed E-state index contributed by atoms with van der Waals surface area (Å²) in [6.07, 6.45) is 2.75. The molecule has 6 nitrogen and oxygen atoms in total. The van der Waals surface area contributed by atoms with Gasteiger partial charge in [0.2, 0.25) is 5.91 Å². The van der Waals surface area contributed by atoms with Crippen molar-refractivity contribution >= 4 is 59.4 Å². The maximum absolute atomic E-state index is 12.5. The van der Waals surface area contributed by atoms with Gasteiger partial charge in [0.05, 0.1) is 0 Å². The number of nitrogens with zero attached hydrogens (tertiary/aromatic N) is 3. The zero-order chi connectivity index (χ0) is 17.2. The van der Waals surface area contributed by atoms with Crippen molar-refractivity contribution in [3.05, 3.63) is 23.2 Å². The molecule has 1 aromatic heterocycles. The lowest BCUT2D eigenvalue weighted by molar-refractivity contribution is -0.132. The number of rotatable bonds is 3. The van der Waals surface area contributed by atoms with Gasteiger partial charge in [-0.25, -0.2) is 0 Å². The van der Waals surface area contributed by atoms with Crippen molar-refractivity contribution in [2.24, 2.45) is 5.92 Å². The average molecular weight is 436 g/mol. The summed E-state index contributed by atoms with van der Waals surface area (Å²) in [5.74, 6) is 0.632. The summed E-state index contributed by atoms with van der Waals surface area (Å²) in [6.45, 7) is 5.17. The second-order valence-electron chi connectivity index (χ2n) is 6.90. The lowest BCUT2D eigenvalue weighted by Crippen LogP contribution is -2.47. The number of carbonyl (C=O) groups excluding carboxylic acids is 1. The van der Waals surface area contributed by atoms with Crippen LogP contribution in [0.25, 0.3) is 11.1 Å². The number of aromatic nitrogens is 1. The third-order valence-electron chi connectivity index (χ3n) is 5.06. The Morgan fingerprint density at radius 1 is 1.26 bits per heavy atom. The van der Waals surface area contributed by atoms with Crippen molar-refractivity contribution in [2.45, 2.75) is 19.3 Å². The summed E-state index contributed by atoms with van der Waals surface area (Å²) in [7, 11) is 0. The lowest BCUT2D eigenvalue weighted by atomic mass is 9.94. The van der Waals surface area contributed by atoms with Gasteiger partial charge in [-0.1, -0.05) is 11.6 Å². The predicted octanol–water partition coefficient (Wildman–Crippen LogP) is 3.36. The van der Waals surface area contributed by atoms with Crippen molar-refractivity contribution in [3.63, 3.8) is 0 Å². The van der Waals surface area contributed by atoms with Crippen LogP contribution in [-0.4, -0.2) is 55.1 Å². The van der Waals surface area contributed by atoms with Crippen LogP contribution in [0.4, 0.5) is 6.01 Å². The largest absolute Gasteiger partial charge is 0.423 e. The SMILES string of the molecule is Cl.Cl.O=C(CC1CCCN(c2nc3ccc(Cl)cc3o2)C1)N1CCNCC1. The summed E-state index contributed by atoms with van der Waals surface area (Å²) in [5, 5.41) is 3.93. The predicted molar refractivity (Wildman–Crippen MR) is 113 cm³/mol. The van der Waals surface area contributed by atoms with Gasteiger partial charge in [0.25, 0.3) is 6.01 Å². The summed E-state index contributed by atoms with van der Waals surface area (Å²) < 4.78 is 5.88. The van der Waals surface area contributed by atoms with E-state index in [1.807, 2.05) is 17.0 Å². The van der Waals surface area contributed by atoms with Crippen LogP contribution in [0.5, 0.6) is 0 Å². The van der Waals surface area contributed by atoms with Crippen molar-refractivity contribution in [3.8, 4) is 0 Å². The Balaban J connectivity index is 0.00000131. The highest BCUT2D eigenvalue weighted by Crippen LogP contribution is 2.29. The molecule has 2 fully saturated rings. The normalized spacial score (nSPS) is 20.1. The minimum atomic E-state index is 0. The third-order valence-corrected chi connectivity index (χ3v) is 5.30. The molecule has 1 aromatic carbocycles. The van der Waals surface area contributed by atoms with Crippen LogP contribution in [0, 0.1) is 5.92 Å². The van der Waals surface area contributed by atoms with Gasteiger partial charge < -0.3 is 19.5 Å². The molecule has 0 spiro atoms. The number of benzene rings is 1. The number of fused-ring (bicyclic) bond motifs is 1. The van der Waals surface area contributed by atoms with Crippen LogP contribution in [0.2, 0.25) is 5.02 Å². The molecule has 2 aliphatic heterocycles. The van der Waals surface area contributed by atoms with Gasteiger partial charge >= 0.3 is 0 Å². The van der Waals surface area contributed by atoms with E-state index in [0.29, 0.717) is 29.0 Å². The molecule has 2 aliphatic rings. The molecule has 2 aromatic rings. The maximum Gasteiger partial charge on any atom is 0.298 e. The van der Waals surface area contributed by atoms with E-state index < -0.39 is 0 Å². The molecule has 1 atom stereocenters. The van der Waals surface area contributed by atoms with E-state index in [1.165, 1.54) is 0 Å². The summed E-state index contributed by atoms with van der Waals surface area (Å²) in [4.78, 5) is 21.2. The maximum atomic E-state index is 12.5. The molecule has 4 rings (SSSR count). The standard InChI is InChI=1S/C18H23ClN4O2.2ClH/c19-14-3-4-15-16(11-14)25-18(21-15)23-7-1-2-13(12-23)10-17(24)22-8-5-20-6-9-22;;/h3-4,11,13,20H,1-2,5-10,12H2;2*1H. The number of nitrogens with one attached hydrogen (secondary N) is 1. The molecule has 1 unspecified atom stereocenters. The van der Waals surface area contributed by atoms with Gasteiger partial charge in [0.15, 0.2) is 5.58 Å². The van der Waals surface area contributed by atoms with Gasteiger partial charge in [-0.3, -0.25) is 4.79 Å². The topological polar surface area (TPSA) is 61.6 Å². The van der Waals surface area contributed by atoms with E-state index in [9.17, 15) is 4.79 Å². The van der Waals surface area contributed by atoms with E-state index in [4.69, 9.17) is 16.0 Å². The molecule has 150 valence electrons. The van der Waals surface area contributed by atoms with Crippen LogP contribution >= 0.6 is 36.4 Å². The highest BCUT2D eigenvalue weighted by atomic mass is 35.5. The number of hydrogen-bond donors (Lipinski definition) is 1. The number of oxazole rings is 1. The highest BCUT2D eigenvalue weighted by molar-refractivity contribution is 6.31. The molecule has 1 N–H and O–H groups in total. The quantitative estimate of drug-likeness (QED) is 0.801. The first-order valence-corrected chi connectivity index (χ1v) is 9.36. The van der Waals surface area contributed by atoms with E-state index >= 15 is 0 Å². The Hall–Kier alpha value is -1.21. The van der Waals surface area contributed by atoms with E-state index in [1.54, 1.807) is 6.07 Å². The zero-order valence-corrected chi connectivity index (χ0v) is 17.4. The fourth-order valence-electron chi connectivity index (χ4n) is 3.72. The van der Waals surface area contributed by atoms with Crippen molar-refractivity contribution < 1.29 is 9.21 Å². The Morgan fingerprint density at radius 2 is 2.04 bits per heavy atom. The number of halogens is 3. The van der Waals surface area contributed by atoms with Crippen LogP contribution in [0.3, 0.4) is 0 Å². The number of amides is 1. The molecule has 9 heteroatoms. The first-order chi connectivity index (χ1) is 12.2. The van der Waals surface area contributed by atoms with E-state index in [2.05, 4.69) is 15.2 Å². The smallest absolute Gasteiger partial charge is 0.298 e. The van der Waals surface area contributed by atoms with Gasteiger partial charge in [0, 0.05) is 56.8 Å². The number of piperazine rings is 1. The Bertz CT molecular complexity index is 764. The molecule has 2 saturated heterocycles. The first-order valence-electron chi connectivity index (χ1n) is 8.98. The molecule has 0 aliphatic carbocycles. The van der Waals surface area contributed by atoms with Gasteiger partial charge in [-0.05, 0) is 30.9 Å². The average Bonchev–Trinajstić information content (AvgIpc) is 3.06. The zero-order valence-electron chi connectivity index (χ0n) is 15.0. The van der Waals surface area contributed by atoms with E-state index in [-0.39, 0.29) is 30.7 Å². The Morgan fingerprint density at radius 3 is 2.81 bits per heavy atom. The Labute approximate surface area is 176 Å². The van der Waals surface area contributed by atoms with Crippen LogP contribution < -0.4 is 10.2 Å². The number of carbonyl (C=O) groups is 1. The number of hydrogen-bond acceptors (Lipinski definition) is 5. The molecule has 0 saturated carbocycles. The van der Waals surface area contributed by atoms with Gasteiger partial charge in [-0.15, -0.1) is 24.8 Å². The molecule has 0 radical (unpaired) electrons. The summed E-state index contributed by atoms with van der Waals surface area (Å²) >= 11 is 6.02. The van der Waals surface area contributed by atoms with Crippen molar-refractivity contribution in [2.75, 3.05) is 44.2 Å². The fraction of sp³-hybridized carbons (Fsp3) is 0.556. The molecular formula is C18H25Cl3N4O2. The van der Waals surface area contributed by atoms with Crippen LogP contribution in [0.15, 0.2) is 22.6 Å². The molecular weight excluding hydrogens is 411 g/mol. The highest BCUT2D eigenvalue weighted by Gasteiger charge is 2.27. The van der Waals surface area contributed by atoms with Gasteiger partial charge in [-0.2, -0.15) is 4.98 Å². The molecule has 27 heavy (non-hydrogen) atoms. The molecule has 0 bridgehead atoms. The summed E-state index contributed by atoms with van der Waals surface area (Å²) in [5.41, 5.74) is 1.53. The second-order valence-corrected chi connectivity index (χ2v) is 7.33. The van der Waals surface area contributed by atoms with Crippen molar-refractivity contribution in [1.82, 2.24) is 15.2 Å². The fourth-order valence-corrected chi connectivity index (χ4v) is 3.88. The van der Waals surface area contributed by atoms with Crippen molar-refractivity contribution in [1.29, 1.82) is 0 Å². The monoisotopic (exact) mass is 434 g/mol. The minimum Gasteiger partial charge on any atom is -0.423 e. The van der Waals surface area contributed by atoms with E-state index in [0.717, 1.165) is 57.6 Å². The number of piperidine rings is 1. The first kappa shape index (κ1) is 22.1.